The van der Waals surface area contributed by atoms with Gasteiger partial charge in [0, 0.05) is 35.5 Å². The zero-order valence-corrected chi connectivity index (χ0v) is 17.5. The molecule has 1 aromatic carbocycles. The summed E-state index contributed by atoms with van der Waals surface area (Å²) in [5.74, 6) is 1.53. The van der Waals surface area contributed by atoms with Gasteiger partial charge in [-0.3, -0.25) is 4.57 Å². The average molecular weight is 413 g/mol. The lowest BCUT2D eigenvalue weighted by Gasteiger charge is -2.09. The predicted octanol–water partition coefficient (Wildman–Crippen LogP) is 2.13. The molecule has 0 aliphatic rings. The van der Waals surface area contributed by atoms with E-state index in [4.69, 9.17) is 9.15 Å². The summed E-state index contributed by atoms with van der Waals surface area (Å²) >= 11 is 1.61. The van der Waals surface area contributed by atoms with Gasteiger partial charge < -0.3 is 14.3 Å². The van der Waals surface area contributed by atoms with E-state index in [1.54, 1.807) is 32.0 Å². The third kappa shape index (κ3) is 4.81. The molecular weight excluding hydrogens is 388 g/mol. The van der Waals surface area contributed by atoms with Crippen LogP contribution in [0.3, 0.4) is 0 Å². The Morgan fingerprint density at radius 1 is 1.38 bits per heavy atom. The maximum atomic E-state index is 12.0. The van der Waals surface area contributed by atoms with Gasteiger partial charge in [0.05, 0.1) is 19.4 Å². The van der Waals surface area contributed by atoms with Gasteiger partial charge in [0.15, 0.2) is 5.16 Å². The second-order valence-corrected chi connectivity index (χ2v) is 7.50. The van der Waals surface area contributed by atoms with Gasteiger partial charge in [-0.2, -0.15) is 0 Å². The van der Waals surface area contributed by atoms with Crippen molar-refractivity contribution in [1.82, 2.24) is 9.55 Å². The number of imidazole rings is 1. The molecule has 1 N–H and O–H groups in total. The standard InChI is InChI=1S/C22H24N2O4S/c1-4-19-16(12-20(26)28-21(19)15(2)14-25)8-11-29-22-23-9-10-24(22)17-6-5-7-18(13-17)27-3/h4-7,9-10,12-13,25H,8,11,14H2,1-3H3/b19-4-,21-15+. The van der Waals surface area contributed by atoms with Crippen molar-refractivity contribution < 1.29 is 14.3 Å². The van der Waals surface area contributed by atoms with Crippen molar-refractivity contribution in [3.05, 3.63) is 69.3 Å². The number of aliphatic hydroxyl groups is 1. The molecule has 3 aromatic rings. The molecule has 152 valence electrons. The molecule has 0 saturated heterocycles. The lowest BCUT2D eigenvalue weighted by molar-refractivity contribution is 0.343. The number of ether oxygens (including phenoxy) is 1. The van der Waals surface area contributed by atoms with Gasteiger partial charge in [-0.05, 0) is 43.5 Å². The molecule has 0 aliphatic carbocycles. The topological polar surface area (TPSA) is 77.5 Å². The highest BCUT2D eigenvalue weighted by Crippen LogP contribution is 2.23. The first-order valence-electron chi connectivity index (χ1n) is 9.28. The van der Waals surface area contributed by atoms with E-state index in [0.29, 0.717) is 17.4 Å². The molecule has 0 saturated carbocycles. The van der Waals surface area contributed by atoms with Crippen LogP contribution < -0.4 is 21.0 Å². The smallest absolute Gasteiger partial charge is 0.336 e. The van der Waals surface area contributed by atoms with Crippen LogP contribution in [0, 0.1) is 0 Å². The van der Waals surface area contributed by atoms with Crippen LogP contribution in [0.15, 0.2) is 57.1 Å². The molecule has 6 nitrogen and oxygen atoms in total. The zero-order chi connectivity index (χ0) is 20.8. The number of aromatic nitrogens is 2. The highest BCUT2D eigenvalue weighted by Gasteiger charge is 2.09. The summed E-state index contributed by atoms with van der Waals surface area (Å²) in [5.41, 5.74) is 2.57. The van der Waals surface area contributed by atoms with Gasteiger partial charge in [0.2, 0.25) is 0 Å². The Balaban J connectivity index is 1.83. The summed E-state index contributed by atoms with van der Waals surface area (Å²) < 4.78 is 12.6. The maximum absolute atomic E-state index is 12.0. The van der Waals surface area contributed by atoms with Gasteiger partial charge >= 0.3 is 5.63 Å². The van der Waals surface area contributed by atoms with Gasteiger partial charge in [0.25, 0.3) is 0 Å². The molecule has 0 amide bonds. The Kier molecular flexibility index (Phi) is 6.95. The molecule has 2 heterocycles. The van der Waals surface area contributed by atoms with Gasteiger partial charge in [-0.1, -0.05) is 23.9 Å². The van der Waals surface area contributed by atoms with Crippen LogP contribution >= 0.6 is 11.8 Å². The fourth-order valence-electron chi connectivity index (χ4n) is 3.07. The highest BCUT2D eigenvalue weighted by molar-refractivity contribution is 7.99. The normalized spacial score (nSPS) is 12.9. The number of nitrogens with zero attached hydrogens (tertiary/aromatic N) is 2. The second-order valence-electron chi connectivity index (χ2n) is 6.44. The average Bonchev–Trinajstić information content (AvgIpc) is 3.21. The number of benzene rings is 1. The van der Waals surface area contributed by atoms with Gasteiger partial charge in [-0.15, -0.1) is 0 Å². The zero-order valence-electron chi connectivity index (χ0n) is 16.7. The number of thioether (sulfide) groups is 1. The Labute approximate surface area is 173 Å². The molecule has 7 heteroatoms. The van der Waals surface area contributed by atoms with Crippen molar-refractivity contribution in [2.45, 2.75) is 25.4 Å². The second kappa shape index (κ2) is 9.62. The summed E-state index contributed by atoms with van der Waals surface area (Å²) in [6.07, 6.45) is 6.26. The number of aryl methyl sites for hydroxylation is 1. The van der Waals surface area contributed by atoms with Crippen LogP contribution in [0.25, 0.3) is 17.3 Å². The van der Waals surface area contributed by atoms with Crippen molar-refractivity contribution in [1.29, 1.82) is 0 Å². The SMILES string of the molecule is C/C=c1/c(CCSc2nccn2-c2cccc(OC)c2)cc(=O)o/c1=C(\C)CO. The first-order valence-corrected chi connectivity index (χ1v) is 10.3. The minimum Gasteiger partial charge on any atom is -0.497 e. The molecule has 3 rings (SSSR count). The fraction of sp³-hybridized carbons (Fsp3) is 0.273. The molecule has 0 atom stereocenters. The summed E-state index contributed by atoms with van der Waals surface area (Å²) in [4.78, 5) is 16.4. The number of methoxy groups -OCH3 is 1. The Morgan fingerprint density at radius 2 is 2.21 bits per heavy atom. The molecule has 0 unspecified atom stereocenters. The van der Waals surface area contributed by atoms with Crippen LogP contribution in [0.2, 0.25) is 0 Å². The number of rotatable bonds is 7. The van der Waals surface area contributed by atoms with Crippen molar-refractivity contribution in [2.75, 3.05) is 19.5 Å². The summed E-state index contributed by atoms with van der Waals surface area (Å²) in [7, 11) is 1.64. The molecule has 29 heavy (non-hydrogen) atoms. The van der Waals surface area contributed by atoms with E-state index in [-0.39, 0.29) is 6.61 Å². The minimum absolute atomic E-state index is 0.153. The van der Waals surface area contributed by atoms with Gasteiger partial charge in [-0.25, -0.2) is 9.78 Å². The molecule has 2 aromatic heterocycles. The van der Waals surface area contributed by atoms with Crippen LogP contribution in [0.5, 0.6) is 5.75 Å². The third-order valence-electron chi connectivity index (χ3n) is 4.54. The summed E-state index contributed by atoms with van der Waals surface area (Å²) in [6, 6.07) is 9.33. The van der Waals surface area contributed by atoms with E-state index >= 15 is 0 Å². The first-order chi connectivity index (χ1) is 14.1. The number of aliphatic hydroxyl groups excluding tert-OH is 1. The third-order valence-corrected chi connectivity index (χ3v) is 5.51. The highest BCUT2D eigenvalue weighted by atomic mass is 32.2. The van der Waals surface area contributed by atoms with Crippen molar-refractivity contribution in [3.8, 4) is 11.4 Å². The molecular formula is C22H24N2O4S. The largest absolute Gasteiger partial charge is 0.497 e. The minimum atomic E-state index is -0.406. The van der Waals surface area contributed by atoms with Gasteiger partial charge in [0.1, 0.15) is 11.2 Å². The van der Waals surface area contributed by atoms with Crippen LogP contribution in [-0.2, 0) is 6.42 Å². The molecule has 0 bridgehead atoms. The molecule has 0 spiro atoms. The summed E-state index contributed by atoms with van der Waals surface area (Å²) in [6.45, 7) is 3.50. The summed E-state index contributed by atoms with van der Waals surface area (Å²) in [5, 5.41) is 11.1. The van der Waals surface area contributed by atoms with Crippen molar-refractivity contribution >= 4 is 23.4 Å². The fourth-order valence-corrected chi connectivity index (χ4v) is 4.01. The maximum Gasteiger partial charge on any atom is 0.336 e. The lowest BCUT2D eigenvalue weighted by atomic mass is 10.1. The van der Waals surface area contributed by atoms with Crippen LogP contribution in [0.4, 0.5) is 0 Å². The molecule has 0 radical (unpaired) electrons. The van der Waals surface area contributed by atoms with Crippen LogP contribution in [0.1, 0.15) is 19.4 Å². The van der Waals surface area contributed by atoms with E-state index in [9.17, 15) is 9.90 Å². The lowest BCUT2D eigenvalue weighted by Crippen LogP contribution is -2.35. The Hall–Kier alpha value is -2.77. The Bertz CT molecular complexity index is 1160. The quantitative estimate of drug-likeness (QED) is 0.599. The van der Waals surface area contributed by atoms with Crippen molar-refractivity contribution in [2.24, 2.45) is 0 Å². The van der Waals surface area contributed by atoms with E-state index in [1.807, 2.05) is 48.0 Å². The molecule has 0 fully saturated rings. The van der Waals surface area contributed by atoms with E-state index < -0.39 is 5.63 Å². The van der Waals surface area contributed by atoms with Crippen LogP contribution in [-0.4, -0.2) is 34.1 Å². The predicted molar refractivity (Wildman–Crippen MR) is 115 cm³/mol. The van der Waals surface area contributed by atoms with Crippen molar-refractivity contribution in [3.63, 3.8) is 0 Å². The monoisotopic (exact) mass is 412 g/mol. The number of hydrogen-bond acceptors (Lipinski definition) is 6. The Morgan fingerprint density at radius 3 is 2.93 bits per heavy atom. The number of hydrogen-bond donors (Lipinski definition) is 1. The van der Waals surface area contributed by atoms with E-state index in [1.165, 1.54) is 6.07 Å². The molecule has 0 aliphatic heterocycles. The van der Waals surface area contributed by atoms with E-state index in [2.05, 4.69) is 4.98 Å². The first kappa shape index (κ1) is 21.0. The van der Waals surface area contributed by atoms with E-state index in [0.717, 1.165) is 33.1 Å².